The molecule has 160 valence electrons. The van der Waals surface area contributed by atoms with E-state index >= 15 is 0 Å². The van der Waals surface area contributed by atoms with Crippen molar-refractivity contribution in [1.29, 1.82) is 0 Å². The summed E-state index contributed by atoms with van der Waals surface area (Å²) < 4.78 is 34.1. The molecule has 1 amide bonds. The quantitative estimate of drug-likeness (QED) is 0.816. The highest BCUT2D eigenvalue weighted by molar-refractivity contribution is 5.80. The number of aryl methyl sites for hydroxylation is 1. The van der Waals surface area contributed by atoms with Gasteiger partial charge in [0.25, 0.3) is 0 Å². The van der Waals surface area contributed by atoms with Gasteiger partial charge in [-0.05, 0) is 6.42 Å². The lowest BCUT2D eigenvalue weighted by Crippen LogP contribution is -2.48. The van der Waals surface area contributed by atoms with Gasteiger partial charge in [-0.2, -0.15) is 0 Å². The largest absolute Gasteiger partial charge is 0.376 e. The van der Waals surface area contributed by atoms with Gasteiger partial charge in [-0.15, -0.1) is 0 Å². The number of likely N-dealkylation sites (tertiary alicyclic amines) is 1. The van der Waals surface area contributed by atoms with Crippen LogP contribution in [0.5, 0.6) is 0 Å². The number of hydrogen-bond acceptors (Lipinski definition) is 6. The van der Waals surface area contributed by atoms with Crippen molar-refractivity contribution in [2.75, 3.05) is 25.0 Å². The van der Waals surface area contributed by atoms with Crippen molar-refractivity contribution in [3.05, 3.63) is 35.7 Å². The maximum Gasteiger partial charge on any atom is 0.249 e. The molecular weight excluding hydrogens is 394 g/mol. The lowest BCUT2D eigenvalue weighted by molar-refractivity contribution is -0.159. The maximum atomic E-state index is 13.2. The van der Waals surface area contributed by atoms with E-state index < -0.39 is 17.3 Å². The van der Waals surface area contributed by atoms with Crippen molar-refractivity contribution in [3.8, 4) is 0 Å². The zero-order chi connectivity index (χ0) is 20.9. The molecule has 2 fully saturated rings. The van der Waals surface area contributed by atoms with Crippen molar-refractivity contribution in [3.63, 3.8) is 0 Å². The fourth-order valence-corrected chi connectivity index (χ4v) is 4.67. The van der Waals surface area contributed by atoms with E-state index in [2.05, 4.69) is 15.3 Å². The minimum absolute atomic E-state index is 0.173. The van der Waals surface area contributed by atoms with Gasteiger partial charge >= 0.3 is 0 Å². The number of nitrogens with one attached hydrogen (secondary N) is 1. The van der Waals surface area contributed by atoms with Crippen LogP contribution in [0.3, 0.4) is 0 Å². The van der Waals surface area contributed by atoms with Crippen LogP contribution in [0, 0.1) is 5.92 Å². The second-order valence-electron chi connectivity index (χ2n) is 8.66. The standard InChI is InChI=1S/C20H24F2N6O2/c1-27-12-23-7-15(27)8-25-18-24-6-14-9-30-11-19(16(14)26-18)2-3-28(10-19)17(29)13-4-20(21,22)5-13/h6-7,12-13H,2-5,8-11H2,1H3,(H,24,25,26)/t19-/m1/s1. The first-order chi connectivity index (χ1) is 14.4. The molecule has 30 heavy (non-hydrogen) atoms. The molecule has 5 rings (SSSR count). The highest BCUT2D eigenvalue weighted by Gasteiger charge is 2.53. The molecule has 0 aromatic carbocycles. The van der Waals surface area contributed by atoms with Gasteiger partial charge < -0.3 is 19.5 Å². The molecule has 2 aliphatic heterocycles. The topological polar surface area (TPSA) is 85.2 Å². The van der Waals surface area contributed by atoms with Crippen LogP contribution in [0.4, 0.5) is 14.7 Å². The third-order valence-electron chi connectivity index (χ3n) is 6.45. The molecule has 1 aliphatic carbocycles. The minimum Gasteiger partial charge on any atom is -0.376 e. The number of carbonyl (C=O) groups is 1. The predicted octanol–water partition coefficient (Wildman–Crippen LogP) is 1.87. The van der Waals surface area contributed by atoms with Crippen molar-refractivity contribution in [1.82, 2.24) is 24.4 Å². The number of amides is 1. The Balaban J connectivity index is 1.33. The molecule has 0 bridgehead atoms. The Hall–Kier alpha value is -2.62. The van der Waals surface area contributed by atoms with E-state index in [-0.39, 0.29) is 18.7 Å². The fourth-order valence-electron chi connectivity index (χ4n) is 4.67. The van der Waals surface area contributed by atoms with Crippen LogP contribution >= 0.6 is 0 Å². The van der Waals surface area contributed by atoms with E-state index in [0.29, 0.717) is 45.2 Å². The maximum absolute atomic E-state index is 13.2. The fraction of sp³-hybridized carbons (Fsp3) is 0.600. The molecule has 4 heterocycles. The number of carbonyl (C=O) groups excluding carboxylic acids is 1. The molecule has 1 N–H and O–H groups in total. The molecule has 0 unspecified atom stereocenters. The van der Waals surface area contributed by atoms with E-state index in [0.717, 1.165) is 17.0 Å². The van der Waals surface area contributed by atoms with Gasteiger partial charge in [-0.3, -0.25) is 4.79 Å². The number of anilines is 1. The Labute approximate surface area is 172 Å². The SMILES string of the molecule is Cn1cncc1CNc1ncc2c(n1)[C@@]1(CCN(C(=O)C3CC(F)(F)C3)C1)COC2. The summed E-state index contributed by atoms with van der Waals surface area (Å²) in [5.74, 6) is -2.92. The third kappa shape index (κ3) is 3.32. The Kier molecular flexibility index (Phi) is 4.49. The molecule has 1 spiro atoms. The highest BCUT2D eigenvalue weighted by atomic mass is 19.3. The first-order valence-electron chi connectivity index (χ1n) is 10.2. The highest BCUT2D eigenvalue weighted by Crippen LogP contribution is 2.45. The number of halogens is 2. The lowest BCUT2D eigenvalue weighted by atomic mass is 9.79. The molecule has 0 radical (unpaired) electrons. The van der Waals surface area contributed by atoms with Crippen LogP contribution in [0.15, 0.2) is 18.7 Å². The average molecular weight is 418 g/mol. The predicted molar refractivity (Wildman–Crippen MR) is 103 cm³/mol. The Morgan fingerprint density at radius 3 is 2.93 bits per heavy atom. The van der Waals surface area contributed by atoms with Gasteiger partial charge in [-0.25, -0.2) is 23.7 Å². The van der Waals surface area contributed by atoms with E-state index in [9.17, 15) is 13.6 Å². The summed E-state index contributed by atoms with van der Waals surface area (Å²) in [6.45, 7) is 2.41. The zero-order valence-corrected chi connectivity index (χ0v) is 16.8. The van der Waals surface area contributed by atoms with Crippen LogP contribution in [0.1, 0.15) is 36.2 Å². The summed E-state index contributed by atoms with van der Waals surface area (Å²) >= 11 is 0. The average Bonchev–Trinajstić information content (AvgIpc) is 3.31. The molecule has 10 heteroatoms. The van der Waals surface area contributed by atoms with Crippen LogP contribution < -0.4 is 5.32 Å². The van der Waals surface area contributed by atoms with Gasteiger partial charge in [0.2, 0.25) is 17.8 Å². The van der Waals surface area contributed by atoms with Gasteiger partial charge in [0.1, 0.15) is 0 Å². The summed E-state index contributed by atoms with van der Waals surface area (Å²) in [5.41, 5.74) is 2.40. The first-order valence-corrected chi connectivity index (χ1v) is 10.2. The number of alkyl halides is 2. The van der Waals surface area contributed by atoms with Crippen LogP contribution in [0.2, 0.25) is 0 Å². The van der Waals surface area contributed by atoms with Crippen molar-refractivity contribution in [2.45, 2.75) is 43.8 Å². The molecule has 1 atom stereocenters. The summed E-state index contributed by atoms with van der Waals surface area (Å²) in [5, 5.41) is 3.24. The van der Waals surface area contributed by atoms with Crippen molar-refractivity contribution < 1.29 is 18.3 Å². The Morgan fingerprint density at radius 1 is 1.37 bits per heavy atom. The molecule has 1 saturated heterocycles. The Bertz CT molecular complexity index is 972. The number of hydrogen-bond donors (Lipinski definition) is 1. The normalized spacial score (nSPS) is 25.2. The summed E-state index contributed by atoms with van der Waals surface area (Å²) in [4.78, 5) is 27.7. The van der Waals surface area contributed by atoms with Crippen LogP contribution in [-0.2, 0) is 35.1 Å². The van der Waals surface area contributed by atoms with Crippen molar-refractivity contribution >= 4 is 11.9 Å². The third-order valence-corrected chi connectivity index (χ3v) is 6.45. The molecule has 8 nitrogen and oxygen atoms in total. The Morgan fingerprint density at radius 2 is 2.20 bits per heavy atom. The number of nitrogens with zero attached hydrogens (tertiary/aromatic N) is 5. The zero-order valence-electron chi connectivity index (χ0n) is 16.8. The molecular formula is C20H24F2N6O2. The molecule has 3 aliphatic rings. The lowest BCUT2D eigenvalue weighted by Gasteiger charge is -2.37. The number of ether oxygens (including phenoxy) is 1. The van der Waals surface area contributed by atoms with Gasteiger partial charge in [0, 0.05) is 56.9 Å². The van der Waals surface area contributed by atoms with E-state index in [1.807, 2.05) is 11.6 Å². The van der Waals surface area contributed by atoms with E-state index in [4.69, 9.17) is 9.72 Å². The van der Waals surface area contributed by atoms with Crippen molar-refractivity contribution in [2.24, 2.45) is 13.0 Å². The molecule has 1 saturated carbocycles. The number of imidazole rings is 1. The van der Waals surface area contributed by atoms with E-state index in [1.54, 1.807) is 23.6 Å². The second-order valence-corrected chi connectivity index (χ2v) is 8.66. The number of fused-ring (bicyclic) bond motifs is 2. The smallest absolute Gasteiger partial charge is 0.249 e. The number of aromatic nitrogens is 4. The molecule has 2 aromatic heterocycles. The van der Waals surface area contributed by atoms with Gasteiger partial charge in [0.15, 0.2) is 0 Å². The molecule has 2 aromatic rings. The van der Waals surface area contributed by atoms with Crippen LogP contribution in [-0.4, -0.2) is 55.9 Å². The minimum atomic E-state index is -2.69. The monoisotopic (exact) mass is 418 g/mol. The van der Waals surface area contributed by atoms with Crippen LogP contribution in [0.25, 0.3) is 0 Å². The van der Waals surface area contributed by atoms with E-state index in [1.165, 1.54) is 0 Å². The number of rotatable bonds is 4. The van der Waals surface area contributed by atoms with Gasteiger partial charge in [0.05, 0.1) is 42.9 Å². The summed E-state index contributed by atoms with van der Waals surface area (Å²) in [6.07, 6.45) is 5.31. The van der Waals surface area contributed by atoms with Gasteiger partial charge in [-0.1, -0.05) is 0 Å². The summed E-state index contributed by atoms with van der Waals surface area (Å²) in [7, 11) is 1.92. The second kappa shape index (κ2) is 6.97. The first kappa shape index (κ1) is 19.3. The summed E-state index contributed by atoms with van der Waals surface area (Å²) in [6, 6.07) is 0.